The van der Waals surface area contributed by atoms with Crippen molar-refractivity contribution in [2.24, 2.45) is 0 Å². The third-order valence-corrected chi connectivity index (χ3v) is 26.3. The largest absolute Gasteiger partial charge is 0.458 e. The second-order valence-corrected chi connectivity index (χ2v) is 38.4. The lowest BCUT2D eigenvalue weighted by molar-refractivity contribution is 0.488. The van der Waals surface area contributed by atoms with Gasteiger partial charge in [-0.3, -0.25) is 0 Å². The van der Waals surface area contributed by atoms with E-state index in [0.29, 0.717) is 5.56 Å². The molecule has 0 N–H and O–H groups in total. The molecule has 0 bridgehead atoms. The van der Waals surface area contributed by atoms with Gasteiger partial charge in [-0.2, -0.15) is 0 Å². The lowest BCUT2D eigenvalue weighted by Crippen LogP contribution is -2.64. The van der Waals surface area contributed by atoms with Crippen molar-refractivity contribution in [3.8, 4) is 101 Å². The standard InChI is InChI=1S/C115H99B2N3O/c1-111(2,3)81-59-78(60-82(65-81)112(4,5)6)79-61-101-107-102(62-79)119(109-89(74-39-22-16-23-40-74)66-83(113(7,8)9)67-90(109)75-41-24-17-25-42-75)98-53-34-32-51-94(98)116(107)96-70-97-104(71-100(96)118(101)85-57-55-73(56-58-85)72-37-20-15-21-38-72)121-105-64-80(86-48-36-49-88-87-47-30-31-50-93(87)115(13,14)106(86)88)63-103-108(105)117(97)95-52-33-35-54-99(95)120(103)110-91(76-43-26-18-27-44-76)68-84(114(10,11)12)69-92(110)77-45-28-19-29-46-77/h15-71H,1-14H3/i15D,20D,21D,37D,38D. The SMILES string of the molecule is [2H]c1c([2H])c([2H])c(-c2ccc(N3c4cc5c(cc4B4c6ccccc6N(c6c(-c7ccccc7)cc(C(C)(C)C)cc6-c6ccccc6)c6cc(-c7cc(C(C)(C)C)cc(C(C)(C)C)c7)cc3c64)B3c4ccccc4N(c4c(-c6ccccc6)cc(C(C)(C)C)cc4-c4ccccc4)c4cc(-c6cccc7c6C(C)(C)c6ccccc6-7)cc(c43)O5)cc2)c([2H])c1[2H]. The van der Waals surface area contributed by atoms with Gasteiger partial charge >= 0.3 is 0 Å². The first kappa shape index (κ1) is 69.8. The molecule has 0 spiro atoms. The van der Waals surface area contributed by atoms with Gasteiger partial charge in [0.1, 0.15) is 11.5 Å². The van der Waals surface area contributed by atoms with Gasteiger partial charge in [-0.05, 0) is 227 Å². The summed E-state index contributed by atoms with van der Waals surface area (Å²) in [5.74, 6) is 1.49. The molecule has 0 saturated carbocycles. The summed E-state index contributed by atoms with van der Waals surface area (Å²) in [6.45, 7) is 31.8. The summed E-state index contributed by atoms with van der Waals surface area (Å²) >= 11 is 0. The molecule has 0 unspecified atom stereocenters. The lowest BCUT2D eigenvalue weighted by atomic mass is 9.30. The van der Waals surface area contributed by atoms with E-state index in [1.807, 2.05) is 12.1 Å². The number of ether oxygens (including phenoxy) is 1. The van der Waals surface area contributed by atoms with Crippen molar-refractivity contribution in [3.05, 3.63) is 379 Å². The van der Waals surface area contributed by atoms with Crippen LogP contribution < -0.4 is 52.2 Å². The van der Waals surface area contributed by atoms with Crippen molar-refractivity contribution in [2.75, 3.05) is 14.7 Å². The molecule has 0 atom stereocenters. The number of anilines is 9. The van der Waals surface area contributed by atoms with Crippen LogP contribution in [-0.2, 0) is 27.1 Å². The highest BCUT2D eigenvalue weighted by Crippen LogP contribution is 2.58. The maximum absolute atomic E-state index is 9.38. The quantitative estimate of drug-likeness (QED) is 0.127. The number of benzene rings is 16. The summed E-state index contributed by atoms with van der Waals surface area (Å²) in [6, 6.07) is 116. The van der Waals surface area contributed by atoms with E-state index in [0.717, 1.165) is 162 Å². The average molecular weight is 1570 g/mol. The molecule has 586 valence electrons. The third-order valence-electron chi connectivity index (χ3n) is 26.3. The predicted molar refractivity (Wildman–Crippen MR) is 517 cm³/mol. The van der Waals surface area contributed by atoms with Crippen LogP contribution in [0.1, 0.15) is 137 Å². The monoisotopic (exact) mass is 1560 g/mol. The van der Waals surface area contributed by atoms with Crippen molar-refractivity contribution in [2.45, 2.75) is 124 Å². The molecule has 16 aromatic rings. The van der Waals surface area contributed by atoms with E-state index < -0.39 is 12.8 Å². The molecular formula is C115H99B2N3O. The van der Waals surface area contributed by atoms with Crippen LogP contribution in [0.4, 0.5) is 51.2 Å². The highest BCUT2D eigenvalue weighted by Gasteiger charge is 2.50. The molecule has 4 aliphatic heterocycles. The van der Waals surface area contributed by atoms with Crippen LogP contribution in [0.15, 0.2) is 346 Å². The van der Waals surface area contributed by atoms with E-state index in [9.17, 15) is 2.74 Å². The van der Waals surface area contributed by atoms with Crippen molar-refractivity contribution >= 4 is 97.4 Å². The molecule has 0 fully saturated rings. The fourth-order valence-electron chi connectivity index (χ4n) is 20.1. The van der Waals surface area contributed by atoms with Crippen LogP contribution in [0.2, 0.25) is 0 Å². The number of nitrogens with zero attached hydrogens (tertiary/aromatic N) is 3. The summed E-state index contributed by atoms with van der Waals surface area (Å²) in [4.78, 5) is 7.67. The van der Waals surface area contributed by atoms with Crippen molar-refractivity contribution in [1.29, 1.82) is 0 Å². The number of para-hydroxylation sites is 2. The topological polar surface area (TPSA) is 19.0 Å². The van der Waals surface area contributed by atoms with E-state index >= 15 is 0 Å². The Bertz CT molecular complexity index is 7020. The maximum Gasteiger partial charge on any atom is 0.256 e. The van der Waals surface area contributed by atoms with Gasteiger partial charge in [-0.1, -0.05) is 364 Å². The van der Waals surface area contributed by atoms with Gasteiger partial charge < -0.3 is 19.4 Å². The van der Waals surface area contributed by atoms with E-state index in [4.69, 9.17) is 8.85 Å². The zero-order valence-electron chi connectivity index (χ0n) is 76.4. The Kier molecular flexibility index (Phi) is 16.1. The van der Waals surface area contributed by atoms with Crippen LogP contribution in [0.5, 0.6) is 11.5 Å². The first-order chi connectivity index (χ1) is 60.4. The second kappa shape index (κ2) is 28.0. The molecule has 0 aromatic heterocycles. The second-order valence-electron chi connectivity index (χ2n) is 38.4. The minimum absolute atomic E-state index is 0.141. The summed E-state index contributed by atoms with van der Waals surface area (Å²) < 4.78 is 53.6. The summed E-state index contributed by atoms with van der Waals surface area (Å²) in [5.41, 5.74) is 38.1. The van der Waals surface area contributed by atoms with Gasteiger partial charge in [0.15, 0.2) is 0 Å². The zero-order chi connectivity index (χ0) is 87.3. The molecule has 4 heterocycles. The highest BCUT2D eigenvalue weighted by atomic mass is 16.5. The Balaban J connectivity index is 0.891. The summed E-state index contributed by atoms with van der Waals surface area (Å²) in [7, 11) is 0. The van der Waals surface area contributed by atoms with Gasteiger partial charge in [0.05, 0.1) is 18.2 Å². The summed E-state index contributed by atoms with van der Waals surface area (Å²) in [6.07, 6.45) is 0. The summed E-state index contributed by atoms with van der Waals surface area (Å²) in [5, 5.41) is 0. The Labute approximate surface area is 722 Å². The Morgan fingerprint density at radius 2 is 0.686 bits per heavy atom. The Hall–Kier alpha value is -13.2. The van der Waals surface area contributed by atoms with Gasteiger partial charge in [0, 0.05) is 73.5 Å². The number of fused-ring (bicyclic) bond motifs is 11. The van der Waals surface area contributed by atoms with Gasteiger partial charge in [-0.15, -0.1) is 0 Å². The third kappa shape index (κ3) is 12.4. The molecule has 21 rings (SSSR count). The molecule has 0 radical (unpaired) electrons. The fraction of sp³-hybridized carbons (Fsp3) is 0.165. The Morgan fingerprint density at radius 1 is 0.273 bits per heavy atom. The molecule has 1 aliphatic carbocycles. The van der Waals surface area contributed by atoms with Gasteiger partial charge in [0.2, 0.25) is 0 Å². The molecule has 4 nitrogen and oxygen atoms in total. The molecule has 0 saturated heterocycles. The Morgan fingerprint density at radius 3 is 1.19 bits per heavy atom. The molecule has 0 amide bonds. The van der Waals surface area contributed by atoms with E-state index in [-0.39, 0.29) is 63.5 Å². The zero-order valence-corrected chi connectivity index (χ0v) is 71.4. The fourth-order valence-corrected chi connectivity index (χ4v) is 20.1. The average Bonchev–Trinajstić information content (AvgIpc) is 0.727. The molecular weight excluding hydrogens is 1460 g/mol. The minimum Gasteiger partial charge on any atom is -0.458 e. The molecule has 16 aromatic carbocycles. The van der Waals surface area contributed by atoms with Crippen LogP contribution >= 0.6 is 0 Å². The van der Waals surface area contributed by atoms with Gasteiger partial charge in [0.25, 0.3) is 13.4 Å². The smallest absolute Gasteiger partial charge is 0.256 e. The first-order valence-corrected chi connectivity index (χ1v) is 42.8. The maximum atomic E-state index is 9.38. The number of hydrogen-bond acceptors (Lipinski definition) is 4. The number of rotatable bonds is 10. The number of hydrogen-bond donors (Lipinski definition) is 0. The first-order valence-electron chi connectivity index (χ1n) is 45.3. The van der Waals surface area contributed by atoms with Crippen LogP contribution in [0.25, 0.3) is 89.0 Å². The van der Waals surface area contributed by atoms with Crippen LogP contribution in [0.3, 0.4) is 0 Å². The molecule has 121 heavy (non-hydrogen) atoms. The van der Waals surface area contributed by atoms with E-state index in [2.05, 4.69) is 415 Å². The van der Waals surface area contributed by atoms with Crippen molar-refractivity contribution < 1.29 is 11.6 Å². The lowest BCUT2D eigenvalue weighted by Gasteiger charge is -2.46. The van der Waals surface area contributed by atoms with Crippen LogP contribution in [-0.4, -0.2) is 13.4 Å². The van der Waals surface area contributed by atoms with Crippen LogP contribution in [0, 0.1) is 0 Å². The van der Waals surface area contributed by atoms with E-state index in [1.54, 1.807) is 0 Å². The minimum atomic E-state index is -0.432. The van der Waals surface area contributed by atoms with Crippen molar-refractivity contribution in [1.82, 2.24) is 0 Å². The molecule has 5 aliphatic rings. The van der Waals surface area contributed by atoms with Crippen molar-refractivity contribution in [3.63, 3.8) is 0 Å². The predicted octanol–water partition coefficient (Wildman–Crippen LogP) is 27.3. The highest BCUT2D eigenvalue weighted by molar-refractivity contribution is 7.02. The van der Waals surface area contributed by atoms with E-state index in [1.165, 1.54) is 44.5 Å². The molecule has 6 heteroatoms. The normalized spacial score (nSPS) is 14.5. The van der Waals surface area contributed by atoms with Gasteiger partial charge in [-0.25, -0.2) is 0 Å².